The first-order valence-corrected chi connectivity index (χ1v) is 9.93. The van der Waals surface area contributed by atoms with E-state index in [1.807, 2.05) is 32.0 Å². The molecule has 0 saturated heterocycles. The van der Waals surface area contributed by atoms with Crippen LogP contribution in [0.2, 0.25) is 5.02 Å². The van der Waals surface area contributed by atoms with Crippen molar-refractivity contribution in [2.24, 2.45) is 5.41 Å². The molecule has 2 aromatic carbocycles. The third-order valence-corrected chi connectivity index (χ3v) is 5.84. The SMILES string of the molecule is CC(=O)N1c2ccccc2NC2=C(C(=O)CC(C)(C)C2)[C@H]1c1c(F)cccc1Cl. The molecule has 0 spiro atoms. The van der Waals surface area contributed by atoms with Gasteiger partial charge in [0.15, 0.2) is 5.78 Å². The second kappa shape index (κ2) is 6.99. The van der Waals surface area contributed by atoms with Crippen LogP contribution in [0.5, 0.6) is 0 Å². The van der Waals surface area contributed by atoms with Crippen molar-refractivity contribution in [3.8, 4) is 0 Å². The van der Waals surface area contributed by atoms with Crippen LogP contribution in [0.4, 0.5) is 15.8 Å². The predicted molar refractivity (Wildman–Crippen MR) is 112 cm³/mol. The Hall–Kier alpha value is -2.66. The zero-order valence-electron chi connectivity index (χ0n) is 16.6. The number of nitrogens with zero attached hydrogens (tertiary/aromatic N) is 1. The summed E-state index contributed by atoms with van der Waals surface area (Å²) in [4.78, 5) is 27.6. The minimum Gasteiger partial charge on any atom is -0.357 e. The number of rotatable bonds is 1. The number of ketones is 1. The Kier molecular flexibility index (Phi) is 4.74. The Morgan fingerprint density at radius 2 is 1.90 bits per heavy atom. The molecule has 1 N–H and O–H groups in total. The fourth-order valence-electron chi connectivity index (χ4n) is 4.38. The van der Waals surface area contributed by atoms with Gasteiger partial charge in [0, 0.05) is 35.2 Å². The molecular formula is C23H22ClFN2O2. The number of halogens is 2. The zero-order valence-corrected chi connectivity index (χ0v) is 17.3. The Morgan fingerprint density at radius 1 is 1.17 bits per heavy atom. The van der Waals surface area contributed by atoms with Crippen LogP contribution < -0.4 is 10.2 Å². The molecule has 0 saturated carbocycles. The van der Waals surface area contributed by atoms with Crippen molar-refractivity contribution in [3.63, 3.8) is 0 Å². The number of Topliss-reactive ketones (excluding diaryl/α,β-unsaturated/α-hetero) is 1. The summed E-state index contributed by atoms with van der Waals surface area (Å²) in [5.41, 5.74) is 2.31. The lowest BCUT2D eigenvalue weighted by molar-refractivity contribution is -0.118. The number of nitrogens with one attached hydrogen (secondary N) is 1. The van der Waals surface area contributed by atoms with E-state index in [1.54, 1.807) is 12.1 Å². The summed E-state index contributed by atoms with van der Waals surface area (Å²) in [5.74, 6) is -0.945. The fourth-order valence-corrected chi connectivity index (χ4v) is 4.65. The van der Waals surface area contributed by atoms with Crippen LogP contribution in [0.1, 0.15) is 45.2 Å². The van der Waals surface area contributed by atoms with Crippen LogP contribution in [0.3, 0.4) is 0 Å². The van der Waals surface area contributed by atoms with Gasteiger partial charge in [0.05, 0.1) is 17.4 Å². The topological polar surface area (TPSA) is 49.4 Å². The summed E-state index contributed by atoms with van der Waals surface area (Å²) in [6.45, 7) is 5.48. The Morgan fingerprint density at radius 3 is 2.59 bits per heavy atom. The third kappa shape index (κ3) is 3.33. The molecule has 0 fully saturated rings. The molecule has 1 aliphatic heterocycles. The largest absolute Gasteiger partial charge is 0.357 e. The molecule has 0 aromatic heterocycles. The number of carbonyl (C=O) groups excluding carboxylic acids is 2. The van der Waals surface area contributed by atoms with Crippen molar-refractivity contribution < 1.29 is 14.0 Å². The average Bonchev–Trinajstić information content (AvgIpc) is 2.74. The number of anilines is 2. The minimum atomic E-state index is -0.934. The molecule has 0 radical (unpaired) electrons. The van der Waals surface area contributed by atoms with Gasteiger partial charge in [-0.3, -0.25) is 14.5 Å². The van der Waals surface area contributed by atoms with E-state index in [0.717, 1.165) is 0 Å². The maximum atomic E-state index is 15.0. The van der Waals surface area contributed by atoms with Crippen molar-refractivity contribution in [1.29, 1.82) is 0 Å². The van der Waals surface area contributed by atoms with E-state index in [0.29, 0.717) is 35.5 Å². The van der Waals surface area contributed by atoms with Crippen LogP contribution in [-0.2, 0) is 9.59 Å². The van der Waals surface area contributed by atoms with E-state index in [4.69, 9.17) is 11.6 Å². The first-order valence-electron chi connectivity index (χ1n) is 9.55. The van der Waals surface area contributed by atoms with E-state index in [-0.39, 0.29) is 27.7 Å². The van der Waals surface area contributed by atoms with Gasteiger partial charge >= 0.3 is 0 Å². The Labute approximate surface area is 174 Å². The lowest BCUT2D eigenvalue weighted by Crippen LogP contribution is -2.39. The minimum absolute atomic E-state index is 0.105. The molecule has 0 bridgehead atoms. The van der Waals surface area contributed by atoms with E-state index in [9.17, 15) is 9.59 Å². The number of para-hydroxylation sites is 2. The molecule has 6 heteroatoms. The van der Waals surface area contributed by atoms with E-state index in [1.165, 1.54) is 24.0 Å². The van der Waals surface area contributed by atoms with Crippen molar-refractivity contribution in [1.82, 2.24) is 0 Å². The molecule has 0 unspecified atom stereocenters. The molecule has 1 aliphatic carbocycles. The standard InChI is InChI=1S/C23H22ClFN2O2/c1-13(28)27-18-10-5-4-9-16(18)26-17-11-23(2,3)12-19(29)21(17)22(27)20-14(24)7-6-8-15(20)25/h4-10,22,26H,11-12H2,1-3H3/t22-/m1/s1. The third-order valence-electron chi connectivity index (χ3n) is 5.51. The maximum Gasteiger partial charge on any atom is 0.224 e. The zero-order chi connectivity index (χ0) is 20.9. The molecule has 29 heavy (non-hydrogen) atoms. The molecule has 150 valence electrons. The first-order chi connectivity index (χ1) is 13.7. The summed E-state index contributed by atoms with van der Waals surface area (Å²) in [6.07, 6.45) is 0.925. The Balaban J connectivity index is 2.07. The van der Waals surface area contributed by atoms with Crippen LogP contribution in [-0.4, -0.2) is 11.7 Å². The van der Waals surface area contributed by atoms with Crippen LogP contribution in [0, 0.1) is 11.2 Å². The van der Waals surface area contributed by atoms with Crippen LogP contribution >= 0.6 is 11.6 Å². The van der Waals surface area contributed by atoms with Crippen molar-refractivity contribution in [3.05, 3.63) is 70.1 Å². The van der Waals surface area contributed by atoms with Gasteiger partial charge in [-0.15, -0.1) is 0 Å². The van der Waals surface area contributed by atoms with Gasteiger partial charge in [-0.25, -0.2) is 4.39 Å². The number of benzene rings is 2. The number of allylic oxidation sites excluding steroid dienone is 1. The maximum absolute atomic E-state index is 15.0. The van der Waals surface area contributed by atoms with Gasteiger partial charge in [0.25, 0.3) is 0 Å². The summed E-state index contributed by atoms with van der Waals surface area (Å²) in [6, 6.07) is 10.8. The van der Waals surface area contributed by atoms with Gasteiger partial charge in [0.1, 0.15) is 5.82 Å². The average molecular weight is 413 g/mol. The van der Waals surface area contributed by atoms with Crippen LogP contribution in [0.25, 0.3) is 0 Å². The van der Waals surface area contributed by atoms with E-state index in [2.05, 4.69) is 5.32 Å². The second-order valence-electron chi connectivity index (χ2n) is 8.40. The lowest BCUT2D eigenvalue weighted by Gasteiger charge is -2.37. The summed E-state index contributed by atoms with van der Waals surface area (Å²) >= 11 is 6.42. The highest BCUT2D eigenvalue weighted by Crippen LogP contribution is 2.49. The molecule has 2 aliphatic rings. The predicted octanol–water partition coefficient (Wildman–Crippen LogP) is 5.64. The molecule has 2 aromatic rings. The molecule has 1 heterocycles. The van der Waals surface area contributed by atoms with Crippen LogP contribution in [0.15, 0.2) is 53.7 Å². The highest BCUT2D eigenvalue weighted by molar-refractivity contribution is 6.31. The second-order valence-corrected chi connectivity index (χ2v) is 8.81. The summed E-state index contributed by atoms with van der Waals surface area (Å²) < 4.78 is 15.0. The monoisotopic (exact) mass is 412 g/mol. The molecule has 4 nitrogen and oxygen atoms in total. The molecule has 4 rings (SSSR count). The van der Waals surface area contributed by atoms with Crippen molar-refractivity contribution in [2.75, 3.05) is 10.2 Å². The van der Waals surface area contributed by atoms with E-state index < -0.39 is 11.9 Å². The van der Waals surface area contributed by atoms with Gasteiger partial charge in [-0.05, 0) is 36.1 Å². The number of amides is 1. The van der Waals surface area contributed by atoms with Gasteiger partial charge in [-0.1, -0.05) is 43.6 Å². The van der Waals surface area contributed by atoms with Gasteiger partial charge < -0.3 is 5.32 Å². The van der Waals surface area contributed by atoms with Crippen molar-refractivity contribution >= 4 is 34.7 Å². The normalized spacial score (nSPS) is 20.5. The highest BCUT2D eigenvalue weighted by Gasteiger charge is 2.44. The van der Waals surface area contributed by atoms with Gasteiger partial charge in [0.2, 0.25) is 5.91 Å². The molecule has 1 atom stereocenters. The molecule has 1 amide bonds. The number of hydrogen-bond acceptors (Lipinski definition) is 3. The number of fused-ring (bicyclic) bond motifs is 1. The summed E-state index contributed by atoms with van der Waals surface area (Å²) in [5, 5.41) is 3.56. The first kappa shape index (κ1) is 19.6. The van der Waals surface area contributed by atoms with Gasteiger partial charge in [-0.2, -0.15) is 0 Å². The number of hydrogen-bond donors (Lipinski definition) is 1. The quantitative estimate of drug-likeness (QED) is 0.659. The van der Waals surface area contributed by atoms with Crippen molar-refractivity contribution in [2.45, 2.75) is 39.7 Å². The van der Waals surface area contributed by atoms with E-state index >= 15 is 4.39 Å². The molecular weight excluding hydrogens is 391 g/mol. The number of carbonyl (C=O) groups is 2. The summed E-state index contributed by atoms with van der Waals surface area (Å²) in [7, 11) is 0. The smallest absolute Gasteiger partial charge is 0.224 e. The Bertz CT molecular complexity index is 1040. The highest BCUT2D eigenvalue weighted by atomic mass is 35.5. The fraction of sp³-hybridized carbons (Fsp3) is 0.304. The lowest BCUT2D eigenvalue weighted by atomic mass is 9.73.